The SMILES string of the molecule is C=CCO[C@H]1C[C@H]2CC[C@@H]1N(C(=O)OC(C)(C)C)[C@@H]2C(=O)N1CCN(c2c(C(F)(F)F)cnc3sc(CC(F)(F)F)cc23)CC1. The Labute approximate surface area is 260 Å². The smallest absolute Gasteiger partial charge is 0.419 e. The quantitative estimate of drug-likeness (QED) is 0.262. The van der Waals surface area contributed by atoms with Gasteiger partial charge in [0.15, 0.2) is 0 Å². The summed E-state index contributed by atoms with van der Waals surface area (Å²) in [6.45, 7) is 9.33. The largest absolute Gasteiger partial charge is 0.444 e. The lowest BCUT2D eigenvalue weighted by molar-refractivity contribution is -0.156. The molecule has 3 saturated heterocycles. The van der Waals surface area contributed by atoms with Crippen LogP contribution >= 0.6 is 11.3 Å². The molecule has 0 spiro atoms. The maximum absolute atomic E-state index is 14.1. The van der Waals surface area contributed by atoms with Gasteiger partial charge < -0.3 is 19.3 Å². The Balaban J connectivity index is 1.39. The number of alkyl halides is 6. The van der Waals surface area contributed by atoms with Crippen LogP contribution in [0.1, 0.15) is 50.5 Å². The van der Waals surface area contributed by atoms with Crippen LogP contribution in [0.2, 0.25) is 0 Å². The third-order valence-electron chi connectivity index (χ3n) is 8.36. The van der Waals surface area contributed by atoms with Crippen molar-refractivity contribution in [3.63, 3.8) is 0 Å². The maximum Gasteiger partial charge on any atom is 0.419 e. The zero-order valence-corrected chi connectivity index (χ0v) is 26.0. The number of fused-ring (bicyclic) bond motifs is 4. The van der Waals surface area contributed by atoms with Gasteiger partial charge in [0.2, 0.25) is 5.91 Å². The topological polar surface area (TPSA) is 75.2 Å². The number of ether oxygens (including phenoxy) is 2. The molecule has 1 aliphatic carbocycles. The second kappa shape index (κ2) is 12.3. The molecule has 5 heterocycles. The third kappa shape index (κ3) is 7.18. The summed E-state index contributed by atoms with van der Waals surface area (Å²) in [5, 5.41) is 0.000101. The average Bonchev–Trinajstić information content (AvgIpc) is 3.34. The first-order valence-electron chi connectivity index (χ1n) is 14.8. The van der Waals surface area contributed by atoms with Crippen molar-refractivity contribution >= 4 is 39.2 Å². The van der Waals surface area contributed by atoms with Crippen molar-refractivity contribution in [3.8, 4) is 0 Å². The minimum Gasteiger partial charge on any atom is -0.444 e. The molecular formula is C30H36F6N4O4S. The van der Waals surface area contributed by atoms with Crippen molar-refractivity contribution in [3.05, 3.63) is 35.4 Å². The van der Waals surface area contributed by atoms with Crippen LogP contribution in [0.25, 0.3) is 10.2 Å². The number of thiophene rings is 1. The second-order valence-electron chi connectivity index (χ2n) is 12.7. The van der Waals surface area contributed by atoms with Crippen LogP contribution in [0.3, 0.4) is 0 Å². The summed E-state index contributed by atoms with van der Waals surface area (Å²) in [6.07, 6.45) is -7.32. The highest BCUT2D eigenvalue weighted by Gasteiger charge is 2.54. The number of hydrogen-bond acceptors (Lipinski definition) is 7. The van der Waals surface area contributed by atoms with Gasteiger partial charge in [-0.1, -0.05) is 6.08 Å². The van der Waals surface area contributed by atoms with E-state index in [9.17, 15) is 35.9 Å². The number of halogens is 6. The molecule has 2 aromatic rings. The van der Waals surface area contributed by atoms with Crippen LogP contribution in [0.4, 0.5) is 36.8 Å². The Kier molecular flexibility index (Phi) is 9.08. The van der Waals surface area contributed by atoms with E-state index in [0.29, 0.717) is 43.4 Å². The van der Waals surface area contributed by atoms with Gasteiger partial charge in [-0.05, 0) is 52.0 Å². The Hall–Kier alpha value is -3.07. The molecular weight excluding hydrogens is 626 g/mol. The number of anilines is 1. The second-order valence-corrected chi connectivity index (χ2v) is 13.8. The summed E-state index contributed by atoms with van der Waals surface area (Å²) in [5.41, 5.74) is -2.09. The van der Waals surface area contributed by atoms with E-state index in [4.69, 9.17) is 9.47 Å². The molecule has 4 fully saturated rings. The van der Waals surface area contributed by atoms with Gasteiger partial charge in [0.1, 0.15) is 16.5 Å². The molecule has 0 unspecified atom stereocenters. The molecule has 0 aromatic carbocycles. The summed E-state index contributed by atoms with van der Waals surface area (Å²) < 4.78 is 93.2. The minimum atomic E-state index is -4.80. The van der Waals surface area contributed by atoms with Crippen LogP contribution in [-0.2, 0) is 26.9 Å². The van der Waals surface area contributed by atoms with E-state index in [2.05, 4.69) is 11.6 Å². The molecule has 45 heavy (non-hydrogen) atoms. The first-order chi connectivity index (χ1) is 21.0. The fraction of sp³-hybridized carbons (Fsp3) is 0.633. The third-order valence-corrected chi connectivity index (χ3v) is 9.40. The molecule has 0 N–H and O–H groups in total. The lowest BCUT2D eigenvalue weighted by Crippen LogP contribution is -2.68. The highest BCUT2D eigenvalue weighted by Crippen LogP contribution is 2.45. The van der Waals surface area contributed by atoms with Crippen molar-refractivity contribution in [2.24, 2.45) is 5.92 Å². The van der Waals surface area contributed by atoms with E-state index in [-0.39, 0.29) is 70.9 Å². The number of carbonyl (C=O) groups is 2. The van der Waals surface area contributed by atoms with Crippen LogP contribution in [0.5, 0.6) is 0 Å². The lowest BCUT2D eigenvalue weighted by atomic mass is 9.72. The highest BCUT2D eigenvalue weighted by atomic mass is 32.1. The standard InChI is InChI=1S/C30H36F6N4O4S/c1-5-12-43-22-13-17-6-7-21(22)40(27(42)44-28(2,3)4)23(17)26(41)39-10-8-38(9-11-39)24-19-14-18(15-29(31,32)33)45-25(19)37-16-20(24)30(34,35)36/h5,14,16-17,21-23H,1,6-13,15H2,2-4H3/t17-,21+,22+,23+/m1/s1. The van der Waals surface area contributed by atoms with Gasteiger partial charge in [0, 0.05) is 42.6 Å². The van der Waals surface area contributed by atoms with Crippen molar-refractivity contribution in [2.75, 3.05) is 37.7 Å². The number of rotatable bonds is 6. The van der Waals surface area contributed by atoms with Gasteiger partial charge in [0.25, 0.3) is 0 Å². The minimum absolute atomic E-state index is 0.000101. The van der Waals surface area contributed by atoms with Gasteiger partial charge >= 0.3 is 18.4 Å². The lowest BCUT2D eigenvalue weighted by Gasteiger charge is -2.54. The molecule has 0 radical (unpaired) electrons. The van der Waals surface area contributed by atoms with E-state index < -0.39 is 42.1 Å². The van der Waals surface area contributed by atoms with Crippen LogP contribution in [0.15, 0.2) is 24.9 Å². The number of aromatic nitrogens is 1. The van der Waals surface area contributed by atoms with E-state index in [1.807, 2.05) is 0 Å². The van der Waals surface area contributed by atoms with Crippen LogP contribution < -0.4 is 4.90 Å². The molecule has 4 aliphatic rings. The molecule has 2 amide bonds. The molecule has 248 valence electrons. The van der Waals surface area contributed by atoms with Crippen LogP contribution in [-0.4, -0.2) is 89.5 Å². The molecule has 1 saturated carbocycles. The number of carbonyl (C=O) groups excluding carboxylic acids is 2. The predicted octanol–water partition coefficient (Wildman–Crippen LogP) is 6.43. The zero-order valence-electron chi connectivity index (χ0n) is 25.2. The molecule has 3 aliphatic heterocycles. The van der Waals surface area contributed by atoms with Gasteiger partial charge in [-0.3, -0.25) is 9.69 Å². The maximum atomic E-state index is 14.1. The van der Waals surface area contributed by atoms with Crippen molar-refractivity contribution < 1.29 is 45.4 Å². The normalized spacial score (nSPS) is 24.3. The van der Waals surface area contributed by atoms with Crippen LogP contribution in [0, 0.1) is 5.92 Å². The average molecular weight is 663 g/mol. The number of hydrogen-bond donors (Lipinski definition) is 0. The van der Waals surface area contributed by atoms with Crippen molar-refractivity contribution in [1.29, 1.82) is 0 Å². The number of nitrogens with zero attached hydrogens (tertiary/aromatic N) is 4. The van der Waals surface area contributed by atoms with Gasteiger partial charge in [0.05, 0.1) is 36.4 Å². The summed E-state index contributed by atoms with van der Waals surface area (Å²) in [7, 11) is 0. The van der Waals surface area contributed by atoms with Gasteiger partial charge in [-0.25, -0.2) is 9.78 Å². The van der Waals surface area contributed by atoms with Crippen molar-refractivity contribution in [1.82, 2.24) is 14.8 Å². The highest BCUT2D eigenvalue weighted by molar-refractivity contribution is 7.18. The Bertz CT molecular complexity index is 1430. The zero-order chi connectivity index (χ0) is 32.9. The number of amides is 2. The Morgan fingerprint density at radius 1 is 1.09 bits per heavy atom. The fourth-order valence-corrected chi connectivity index (χ4v) is 7.67. The number of pyridine rings is 1. The Morgan fingerprint density at radius 3 is 2.38 bits per heavy atom. The summed E-state index contributed by atoms with van der Waals surface area (Å²) >= 11 is 0.710. The molecule has 6 rings (SSSR count). The summed E-state index contributed by atoms with van der Waals surface area (Å²) in [6, 6.07) is -0.0665. The van der Waals surface area contributed by atoms with Gasteiger partial charge in [-0.15, -0.1) is 17.9 Å². The summed E-state index contributed by atoms with van der Waals surface area (Å²) in [4.78, 5) is 35.8. The predicted molar refractivity (Wildman–Crippen MR) is 156 cm³/mol. The first-order valence-corrected chi connectivity index (χ1v) is 15.6. The molecule has 15 heteroatoms. The van der Waals surface area contributed by atoms with E-state index in [1.165, 1.54) is 9.80 Å². The van der Waals surface area contributed by atoms with E-state index >= 15 is 0 Å². The Morgan fingerprint density at radius 2 is 1.78 bits per heavy atom. The first kappa shape index (κ1) is 33.3. The number of piperidine rings is 2. The van der Waals surface area contributed by atoms with E-state index in [1.54, 1.807) is 31.7 Å². The summed E-state index contributed by atoms with van der Waals surface area (Å²) in [5.74, 6) is -0.506. The monoisotopic (exact) mass is 662 g/mol. The van der Waals surface area contributed by atoms with Gasteiger partial charge in [-0.2, -0.15) is 26.3 Å². The molecule has 2 bridgehead atoms. The molecule has 2 aromatic heterocycles. The molecule has 4 atom stereocenters. The number of piperazine rings is 1. The fourth-order valence-electron chi connectivity index (χ4n) is 6.63. The molecule has 8 nitrogen and oxygen atoms in total. The van der Waals surface area contributed by atoms with Crippen molar-refractivity contribution in [2.45, 2.75) is 82.6 Å². The van der Waals surface area contributed by atoms with E-state index in [0.717, 1.165) is 6.07 Å².